The molecular weight excluding hydrogens is 270 g/mol. The van der Waals surface area contributed by atoms with Gasteiger partial charge >= 0.3 is 0 Å². The highest BCUT2D eigenvalue weighted by Gasteiger charge is 2.07. The van der Waals surface area contributed by atoms with Gasteiger partial charge in [0, 0.05) is 24.3 Å². The monoisotopic (exact) mass is 291 g/mol. The molecule has 2 rings (SSSR count). The summed E-state index contributed by atoms with van der Waals surface area (Å²) in [5.41, 5.74) is 4.40. The Balaban J connectivity index is 2.37. The number of benzene rings is 2. The Labute approximate surface area is 132 Å². The third-order valence-corrected chi connectivity index (χ3v) is 3.69. The van der Waals surface area contributed by atoms with Crippen LogP contribution in [-0.2, 0) is 0 Å². The first kappa shape index (κ1) is 15.8. The van der Waals surface area contributed by atoms with E-state index >= 15 is 0 Å². The lowest BCUT2D eigenvalue weighted by Gasteiger charge is -2.21. The quantitative estimate of drug-likeness (QED) is 0.762. The SMILES string of the molecule is CCN(CC)c1ccc(N=C(C#N)c2ccccc2)c(C)c1. The van der Waals surface area contributed by atoms with Crippen molar-refractivity contribution in [3.8, 4) is 6.07 Å². The molecule has 0 aliphatic heterocycles. The van der Waals surface area contributed by atoms with Gasteiger partial charge in [-0.3, -0.25) is 0 Å². The Morgan fingerprint density at radius 1 is 1.09 bits per heavy atom. The van der Waals surface area contributed by atoms with Gasteiger partial charge in [-0.2, -0.15) is 5.26 Å². The van der Waals surface area contributed by atoms with E-state index in [-0.39, 0.29) is 0 Å². The maximum absolute atomic E-state index is 9.36. The molecule has 0 atom stereocenters. The van der Waals surface area contributed by atoms with Crippen LogP contribution in [0.15, 0.2) is 53.5 Å². The number of nitriles is 1. The molecule has 112 valence electrons. The second-order valence-corrected chi connectivity index (χ2v) is 5.08. The molecule has 0 saturated heterocycles. The Bertz CT molecular complexity index is 692. The minimum atomic E-state index is 0.444. The zero-order valence-electron chi connectivity index (χ0n) is 13.4. The zero-order chi connectivity index (χ0) is 15.9. The molecule has 0 aromatic heterocycles. The van der Waals surface area contributed by atoms with Crippen molar-refractivity contribution in [2.45, 2.75) is 20.8 Å². The molecule has 0 bridgehead atoms. The molecule has 0 spiro atoms. The lowest BCUT2D eigenvalue weighted by molar-refractivity contribution is 0.865. The first-order valence-electron chi connectivity index (χ1n) is 7.59. The number of rotatable bonds is 5. The molecule has 0 unspecified atom stereocenters. The van der Waals surface area contributed by atoms with Gasteiger partial charge in [0.25, 0.3) is 0 Å². The Morgan fingerprint density at radius 2 is 1.77 bits per heavy atom. The third kappa shape index (κ3) is 3.53. The van der Waals surface area contributed by atoms with Gasteiger partial charge in [-0.15, -0.1) is 0 Å². The Morgan fingerprint density at radius 3 is 2.32 bits per heavy atom. The summed E-state index contributed by atoms with van der Waals surface area (Å²) in [6.45, 7) is 8.28. The van der Waals surface area contributed by atoms with E-state index in [1.807, 2.05) is 43.3 Å². The number of hydrogen-bond acceptors (Lipinski definition) is 3. The summed E-state index contributed by atoms with van der Waals surface area (Å²) in [4.78, 5) is 6.83. The smallest absolute Gasteiger partial charge is 0.148 e. The molecular formula is C19H21N3. The average Bonchev–Trinajstić information content (AvgIpc) is 2.56. The van der Waals surface area contributed by atoms with Crippen LogP contribution in [0.2, 0.25) is 0 Å². The van der Waals surface area contributed by atoms with Crippen molar-refractivity contribution in [2.24, 2.45) is 4.99 Å². The molecule has 2 aromatic rings. The minimum Gasteiger partial charge on any atom is -0.372 e. The summed E-state index contributed by atoms with van der Waals surface area (Å²) < 4.78 is 0. The van der Waals surface area contributed by atoms with Crippen LogP contribution in [0.3, 0.4) is 0 Å². The molecule has 0 fully saturated rings. The first-order chi connectivity index (χ1) is 10.7. The maximum atomic E-state index is 9.36. The van der Waals surface area contributed by atoms with Crippen LogP contribution in [0, 0.1) is 18.3 Å². The van der Waals surface area contributed by atoms with E-state index in [9.17, 15) is 5.26 Å². The third-order valence-electron chi connectivity index (χ3n) is 3.69. The van der Waals surface area contributed by atoms with E-state index in [0.29, 0.717) is 5.71 Å². The van der Waals surface area contributed by atoms with Crippen molar-refractivity contribution in [1.82, 2.24) is 0 Å². The minimum absolute atomic E-state index is 0.444. The highest BCUT2D eigenvalue weighted by Crippen LogP contribution is 2.25. The lowest BCUT2D eigenvalue weighted by Crippen LogP contribution is -2.21. The average molecular weight is 291 g/mol. The van der Waals surface area contributed by atoms with Gasteiger partial charge < -0.3 is 4.90 Å². The molecule has 0 radical (unpaired) electrons. The van der Waals surface area contributed by atoms with E-state index < -0.39 is 0 Å². The van der Waals surface area contributed by atoms with Crippen LogP contribution in [0.5, 0.6) is 0 Å². The normalized spacial score (nSPS) is 11.1. The van der Waals surface area contributed by atoms with Crippen molar-refractivity contribution in [3.63, 3.8) is 0 Å². The van der Waals surface area contributed by atoms with Crippen molar-refractivity contribution >= 4 is 17.1 Å². The molecule has 0 aliphatic carbocycles. The summed E-state index contributed by atoms with van der Waals surface area (Å²) in [6.07, 6.45) is 0. The van der Waals surface area contributed by atoms with Crippen LogP contribution >= 0.6 is 0 Å². The van der Waals surface area contributed by atoms with Crippen molar-refractivity contribution in [3.05, 3.63) is 59.7 Å². The molecule has 0 saturated carbocycles. The topological polar surface area (TPSA) is 39.4 Å². The van der Waals surface area contributed by atoms with E-state index in [1.54, 1.807) is 0 Å². The second-order valence-electron chi connectivity index (χ2n) is 5.08. The fourth-order valence-corrected chi connectivity index (χ4v) is 2.42. The van der Waals surface area contributed by atoms with Crippen LogP contribution in [0.4, 0.5) is 11.4 Å². The van der Waals surface area contributed by atoms with Gasteiger partial charge in [0.2, 0.25) is 0 Å². The predicted octanol–water partition coefficient (Wildman–Crippen LogP) is 4.49. The summed E-state index contributed by atoms with van der Waals surface area (Å²) in [5, 5.41) is 9.36. The highest BCUT2D eigenvalue weighted by atomic mass is 15.1. The fourth-order valence-electron chi connectivity index (χ4n) is 2.42. The molecule has 3 nitrogen and oxygen atoms in total. The van der Waals surface area contributed by atoms with E-state index in [4.69, 9.17) is 0 Å². The zero-order valence-corrected chi connectivity index (χ0v) is 13.4. The molecule has 22 heavy (non-hydrogen) atoms. The van der Waals surface area contributed by atoms with Crippen molar-refractivity contribution in [1.29, 1.82) is 5.26 Å². The van der Waals surface area contributed by atoms with Gasteiger partial charge in [-0.05, 0) is 44.5 Å². The first-order valence-corrected chi connectivity index (χ1v) is 7.59. The molecule has 2 aromatic carbocycles. The highest BCUT2D eigenvalue weighted by molar-refractivity contribution is 6.12. The second kappa shape index (κ2) is 7.42. The van der Waals surface area contributed by atoms with Gasteiger partial charge in [-0.25, -0.2) is 4.99 Å². The number of nitrogens with zero attached hydrogens (tertiary/aromatic N) is 3. The van der Waals surface area contributed by atoms with E-state index in [0.717, 1.165) is 29.9 Å². The van der Waals surface area contributed by atoms with Crippen molar-refractivity contribution in [2.75, 3.05) is 18.0 Å². The summed E-state index contributed by atoms with van der Waals surface area (Å²) >= 11 is 0. The molecule has 0 N–H and O–H groups in total. The largest absolute Gasteiger partial charge is 0.372 e. The fraction of sp³-hybridized carbons (Fsp3) is 0.263. The van der Waals surface area contributed by atoms with Crippen molar-refractivity contribution < 1.29 is 0 Å². The Hall–Kier alpha value is -2.60. The van der Waals surface area contributed by atoms with Gasteiger partial charge in [0.1, 0.15) is 11.8 Å². The number of aryl methyl sites for hydroxylation is 1. The van der Waals surface area contributed by atoms with E-state index in [1.165, 1.54) is 5.69 Å². The van der Waals surface area contributed by atoms with Crippen LogP contribution in [-0.4, -0.2) is 18.8 Å². The van der Waals surface area contributed by atoms with Gasteiger partial charge in [-0.1, -0.05) is 30.3 Å². The Kier molecular flexibility index (Phi) is 5.32. The van der Waals surface area contributed by atoms with Crippen LogP contribution < -0.4 is 4.90 Å². The van der Waals surface area contributed by atoms with E-state index in [2.05, 4.69) is 41.9 Å². The molecule has 0 aliphatic rings. The molecule has 0 amide bonds. The summed E-state index contributed by atoms with van der Waals surface area (Å²) in [5.74, 6) is 0. The maximum Gasteiger partial charge on any atom is 0.148 e. The molecule has 3 heteroatoms. The summed E-state index contributed by atoms with van der Waals surface area (Å²) in [7, 11) is 0. The van der Waals surface area contributed by atoms with Gasteiger partial charge in [0.05, 0.1) is 5.69 Å². The lowest BCUT2D eigenvalue weighted by atomic mass is 10.1. The van der Waals surface area contributed by atoms with Gasteiger partial charge in [0.15, 0.2) is 0 Å². The summed E-state index contributed by atoms with van der Waals surface area (Å²) in [6, 6.07) is 18.0. The standard InChI is InChI=1S/C19H21N3/c1-4-22(5-2)17-11-12-18(15(3)13-17)21-19(14-20)16-9-7-6-8-10-16/h6-13H,4-5H2,1-3H3. The molecule has 0 heterocycles. The number of anilines is 1. The number of hydrogen-bond donors (Lipinski definition) is 0. The number of aliphatic imine (C=N–C) groups is 1. The predicted molar refractivity (Wildman–Crippen MR) is 93.0 cm³/mol. The van der Waals surface area contributed by atoms with Crippen LogP contribution in [0.25, 0.3) is 0 Å². The van der Waals surface area contributed by atoms with Crippen LogP contribution in [0.1, 0.15) is 25.0 Å².